The average Bonchev–Trinajstić information content (AvgIpc) is 2.66. The second-order valence-electron chi connectivity index (χ2n) is 4.73. The highest BCUT2D eigenvalue weighted by Crippen LogP contribution is 2.14. The summed E-state index contributed by atoms with van der Waals surface area (Å²) in [6.07, 6.45) is 1.73. The van der Waals surface area contributed by atoms with Gasteiger partial charge in [-0.15, -0.1) is 0 Å². The topological polar surface area (TPSA) is 62.4 Å². The number of aliphatic hydroxyl groups is 1. The minimum absolute atomic E-state index is 0.207. The molecule has 0 bridgehead atoms. The normalized spacial score (nSPS) is 22.9. The molecule has 90 valence electrons. The number of nitrogens with zero attached hydrogens (tertiary/aromatic N) is 3. The first-order valence-electron chi connectivity index (χ1n) is 5.88. The molecule has 0 aliphatic carbocycles. The lowest BCUT2D eigenvalue weighted by molar-refractivity contribution is 0.0613. The third kappa shape index (κ3) is 2.80. The standard InChI is InChI=1S/C11H19N3O2/c1-8(2)11-12-10(16-13-11)7-14-5-3-4-9(15)6-14/h8-9,15H,3-7H2,1-2H3/t9-/m1/s1. The van der Waals surface area contributed by atoms with Gasteiger partial charge in [0.05, 0.1) is 12.6 Å². The van der Waals surface area contributed by atoms with E-state index in [1.54, 1.807) is 0 Å². The van der Waals surface area contributed by atoms with Gasteiger partial charge in [-0.25, -0.2) is 0 Å². The maximum Gasteiger partial charge on any atom is 0.240 e. The van der Waals surface area contributed by atoms with Crippen molar-refractivity contribution in [2.45, 2.75) is 45.3 Å². The van der Waals surface area contributed by atoms with Gasteiger partial charge in [0.25, 0.3) is 0 Å². The summed E-state index contributed by atoms with van der Waals surface area (Å²) in [5.41, 5.74) is 0. The van der Waals surface area contributed by atoms with Crippen molar-refractivity contribution in [2.24, 2.45) is 0 Å². The maximum absolute atomic E-state index is 9.54. The molecule has 5 heteroatoms. The van der Waals surface area contributed by atoms with Crippen molar-refractivity contribution in [3.63, 3.8) is 0 Å². The number of aromatic nitrogens is 2. The highest BCUT2D eigenvalue weighted by molar-refractivity contribution is 4.92. The van der Waals surface area contributed by atoms with Crippen LogP contribution in [-0.2, 0) is 6.54 Å². The number of hydrogen-bond donors (Lipinski definition) is 1. The SMILES string of the molecule is CC(C)c1noc(CN2CCC[C@@H](O)C2)n1. The molecule has 1 N–H and O–H groups in total. The molecule has 0 amide bonds. The van der Waals surface area contributed by atoms with Crippen molar-refractivity contribution in [1.82, 2.24) is 15.0 Å². The van der Waals surface area contributed by atoms with Crippen LogP contribution in [0.1, 0.15) is 44.3 Å². The third-order valence-corrected chi connectivity index (χ3v) is 2.84. The summed E-state index contributed by atoms with van der Waals surface area (Å²) in [5, 5.41) is 13.5. The van der Waals surface area contributed by atoms with Crippen LogP contribution in [0.25, 0.3) is 0 Å². The van der Waals surface area contributed by atoms with E-state index in [9.17, 15) is 5.11 Å². The summed E-state index contributed by atoms with van der Waals surface area (Å²) in [4.78, 5) is 6.49. The third-order valence-electron chi connectivity index (χ3n) is 2.84. The number of rotatable bonds is 3. The minimum Gasteiger partial charge on any atom is -0.392 e. The van der Waals surface area contributed by atoms with E-state index in [2.05, 4.69) is 15.0 Å². The van der Waals surface area contributed by atoms with Gasteiger partial charge in [-0.05, 0) is 19.4 Å². The van der Waals surface area contributed by atoms with Gasteiger partial charge in [-0.1, -0.05) is 19.0 Å². The van der Waals surface area contributed by atoms with Gasteiger partial charge in [0.2, 0.25) is 5.89 Å². The molecule has 2 heterocycles. The molecule has 16 heavy (non-hydrogen) atoms. The Hall–Kier alpha value is -0.940. The Bertz CT molecular complexity index is 338. The molecule has 0 aromatic carbocycles. The summed E-state index contributed by atoms with van der Waals surface area (Å²) in [6, 6.07) is 0. The molecule has 2 rings (SSSR count). The Kier molecular flexibility index (Phi) is 3.56. The summed E-state index contributed by atoms with van der Waals surface area (Å²) < 4.78 is 5.18. The fourth-order valence-electron chi connectivity index (χ4n) is 1.93. The van der Waals surface area contributed by atoms with E-state index < -0.39 is 0 Å². The number of piperidine rings is 1. The molecule has 1 aromatic rings. The first-order valence-corrected chi connectivity index (χ1v) is 5.88. The zero-order valence-electron chi connectivity index (χ0n) is 9.89. The monoisotopic (exact) mass is 225 g/mol. The lowest BCUT2D eigenvalue weighted by atomic mass is 10.1. The van der Waals surface area contributed by atoms with E-state index in [1.165, 1.54) is 0 Å². The van der Waals surface area contributed by atoms with Gasteiger partial charge in [0, 0.05) is 12.5 Å². The highest BCUT2D eigenvalue weighted by Gasteiger charge is 2.20. The zero-order valence-corrected chi connectivity index (χ0v) is 9.89. The predicted molar refractivity (Wildman–Crippen MR) is 58.9 cm³/mol. The number of likely N-dealkylation sites (tertiary alicyclic amines) is 1. The number of aliphatic hydroxyl groups excluding tert-OH is 1. The molecule has 1 aromatic heterocycles. The molecule has 0 unspecified atom stereocenters. The van der Waals surface area contributed by atoms with Crippen LogP contribution in [0.2, 0.25) is 0 Å². The fourth-order valence-corrected chi connectivity index (χ4v) is 1.93. The Morgan fingerprint density at radius 1 is 1.56 bits per heavy atom. The van der Waals surface area contributed by atoms with Crippen molar-refractivity contribution >= 4 is 0 Å². The van der Waals surface area contributed by atoms with Crippen LogP contribution >= 0.6 is 0 Å². The second-order valence-corrected chi connectivity index (χ2v) is 4.73. The van der Waals surface area contributed by atoms with Crippen molar-refractivity contribution < 1.29 is 9.63 Å². The van der Waals surface area contributed by atoms with E-state index in [0.717, 1.165) is 25.2 Å². The van der Waals surface area contributed by atoms with Gasteiger partial charge < -0.3 is 9.63 Å². The second kappa shape index (κ2) is 4.93. The summed E-state index contributed by atoms with van der Waals surface area (Å²) in [5.74, 6) is 1.70. The molecule has 0 radical (unpaired) electrons. The van der Waals surface area contributed by atoms with Crippen molar-refractivity contribution in [3.8, 4) is 0 Å². The van der Waals surface area contributed by atoms with E-state index in [0.29, 0.717) is 24.9 Å². The highest BCUT2D eigenvalue weighted by atomic mass is 16.5. The zero-order chi connectivity index (χ0) is 11.5. The Labute approximate surface area is 95.4 Å². The first-order chi connectivity index (χ1) is 7.65. The molecular formula is C11H19N3O2. The molecule has 0 saturated carbocycles. The molecule has 1 aliphatic rings. The van der Waals surface area contributed by atoms with Gasteiger partial charge in [0.15, 0.2) is 5.82 Å². The molecule has 1 fully saturated rings. The van der Waals surface area contributed by atoms with Gasteiger partial charge in [0.1, 0.15) is 0 Å². The lowest BCUT2D eigenvalue weighted by Crippen LogP contribution is -2.37. The van der Waals surface area contributed by atoms with Crippen molar-refractivity contribution in [2.75, 3.05) is 13.1 Å². The van der Waals surface area contributed by atoms with E-state index in [-0.39, 0.29) is 6.10 Å². The Morgan fingerprint density at radius 2 is 2.38 bits per heavy atom. The van der Waals surface area contributed by atoms with E-state index in [1.807, 2.05) is 13.8 Å². The van der Waals surface area contributed by atoms with Crippen LogP contribution in [0.4, 0.5) is 0 Å². The van der Waals surface area contributed by atoms with Crippen LogP contribution in [0.15, 0.2) is 4.52 Å². The maximum atomic E-state index is 9.54. The minimum atomic E-state index is -0.207. The lowest BCUT2D eigenvalue weighted by Gasteiger charge is -2.28. The van der Waals surface area contributed by atoms with Gasteiger partial charge >= 0.3 is 0 Å². The molecule has 1 atom stereocenters. The van der Waals surface area contributed by atoms with Crippen LogP contribution in [0.5, 0.6) is 0 Å². The van der Waals surface area contributed by atoms with Crippen LogP contribution in [0, 0.1) is 0 Å². The van der Waals surface area contributed by atoms with E-state index >= 15 is 0 Å². The molecule has 1 aliphatic heterocycles. The van der Waals surface area contributed by atoms with Gasteiger partial charge in [-0.2, -0.15) is 4.98 Å². The van der Waals surface area contributed by atoms with Crippen LogP contribution in [-0.4, -0.2) is 39.3 Å². The number of β-amino-alcohol motifs (C(OH)–C–C–N with tert-alkyl or cyclic N) is 1. The predicted octanol–water partition coefficient (Wildman–Crippen LogP) is 1.15. The molecule has 5 nitrogen and oxygen atoms in total. The van der Waals surface area contributed by atoms with Gasteiger partial charge in [-0.3, -0.25) is 4.90 Å². The summed E-state index contributed by atoms with van der Waals surface area (Å²) in [7, 11) is 0. The fraction of sp³-hybridized carbons (Fsp3) is 0.818. The smallest absolute Gasteiger partial charge is 0.240 e. The molecular weight excluding hydrogens is 206 g/mol. The first kappa shape index (κ1) is 11.5. The Morgan fingerprint density at radius 3 is 3.00 bits per heavy atom. The van der Waals surface area contributed by atoms with Crippen molar-refractivity contribution in [3.05, 3.63) is 11.7 Å². The summed E-state index contributed by atoms with van der Waals surface area (Å²) in [6.45, 7) is 6.44. The van der Waals surface area contributed by atoms with E-state index in [4.69, 9.17) is 4.52 Å². The quantitative estimate of drug-likeness (QED) is 0.836. The molecule has 1 saturated heterocycles. The largest absolute Gasteiger partial charge is 0.392 e. The Balaban J connectivity index is 1.92. The molecule has 0 spiro atoms. The summed E-state index contributed by atoms with van der Waals surface area (Å²) >= 11 is 0. The van der Waals surface area contributed by atoms with Crippen molar-refractivity contribution in [1.29, 1.82) is 0 Å². The number of hydrogen-bond acceptors (Lipinski definition) is 5. The average molecular weight is 225 g/mol. The van der Waals surface area contributed by atoms with Crippen LogP contribution in [0.3, 0.4) is 0 Å². The van der Waals surface area contributed by atoms with Crippen LogP contribution < -0.4 is 0 Å².